The molecule has 0 aliphatic heterocycles. The molecular weight excluding hydrogens is 236 g/mol. The summed E-state index contributed by atoms with van der Waals surface area (Å²) in [6.45, 7) is 5.06. The van der Waals surface area contributed by atoms with E-state index in [1.54, 1.807) is 0 Å². The molecule has 3 heteroatoms. The summed E-state index contributed by atoms with van der Waals surface area (Å²) in [4.78, 5) is 4.39. The fourth-order valence-electron chi connectivity index (χ4n) is 2.08. The summed E-state index contributed by atoms with van der Waals surface area (Å²) in [5.41, 5.74) is 0.956. The van der Waals surface area contributed by atoms with Gasteiger partial charge in [-0.15, -0.1) is 0 Å². The smallest absolute Gasteiger partial charge is 0.145 e. The predicted octanol–water partition coefficient (Wildman–Crippen LogP) is 3.39. The minimum atomic E-state index is 0.766. The Labute approximate surface area is 115 Å². The lowest BCUT2D eigenvalue weighted by atomic mass is 10.2. The van der Waals surface area contributed by atoms with Gasteiger partial charge in [-0.25, -0.2) is 0 Å². The van der Waals surface area contributed by atoms with Crippen LogP contribution < -0.4 is 10.1 Å². The normalized spacial score (nSPS) is 10.8. The van der Waals surface area contributed by atoms with Crippen LogP contribution in [0.4, 0.5) is 0 Å². The molecule has 0 bridgehead atoms. The zero-order valence-corrected chi connectivity index (χ0v) is 11.6. The van der Waals surface area contributed by atoms with E-state index in [9.17, 15) is 0 Å². The topological polar surface area (TPSA) is 34.1 Å². The van der Waals surface area contributed by atoms with Crippen molar-refractivity contribution >= 4 is 10.9 Å². The van der Waals surface area contributed by atoms with E-state index in [0.717, 1.165) is 42.8 Å². The van der Waals surface area contributed by atoms with Crippen LogP contribution in [0.5, 0.6) is 5.75 Å². The number of rotatable bonds is 8. The van der Waals surface area contributed by atoms with Gasteiger partial charge in [0.05, 0.1) is 6.61 Å². The Morgan fingerprint density at radius 1 is 1.11 bits per heavy atom. The van der Waals surface area contributed by atoms with Crippen molar-refractivity contribution < 1.29 is 4.74 Å². The maximum atomic E-state index is 5.84. The van der Waals surface area contributed by atoms with Crippen LogP contribution in [0.25, 0.3) is 10.9 Å². The second-order valence-electron chi connectivity index (χ2n) is 4.59. The van der Waals surface area contributed by atoms with Crippen LogP contribution in [0.15, 0.2) is 36.5 Å². The van der Waals surface area contributed by atoms with Gasteiger partial charge in [0.2, 0.25) is 0 Å². The zero-order chi connectivity index (χ0) is 13.3. The molecule has 0 spiro atoms. The number of aromatic nitrogens is 1. The molecule has 0 saturated carbocycles. The van der Waals surface area contributed by atoms with Gasteiger partial charge in [0.15, 0.2) is 0 Å². The number of benzene rings is 1. The van der Waals surface area contributed by atoms with Crippen molar-refractivity contribution in [1.82, 2.24) is 10.3 Å². The number of unbranched alkanes of at least 4 members (excludes halogenated alkanes) is 2. The number of para-hydroxylation sites is 1. The highest BCUT2D eigenvalue weighted by atomic mass is 16.5. The van der Waals surface area contributed by atoms with Crippen molar-refractivity contribution in [2.45, 2.75) is 26.2 Å². The van der Waals surface area contributed by atoms with E-state index in [1.807, 2.05) is 24.4 Å². The second-order valence-corrected chi connectivity index (χ2v) is 4.59. The van der Waals surface area contributed by atoms with Gasteiger partial charge in [-0.1, -0.05) is 25.1 Å². The van der Waals surface area contributed by atoms with E-state index < -0.39 is 0 Å². The van der Waals surface area contributed by atoms with E-state index in [2.05, 4.69) is 29.4 Å². The molecule has 0 fully saturated rings. The molecular formula is C16H22N2O. The summed E-state index contributed by atoms with van der Waals surface area (Å²) in [5, 5.41) is 4.46. The largest absolute Gasteiger partial charge is 0.491 e. The molecule has 2 rings (SSSR count). The van der Waals surface area contributed by atoms with Crippen molar-refractivity contribution in [3.05, 3.63) is 36.5 Å². The summed E-state index contributed by atoms with van der Waals surface area (Å²) in [7, 11) is 0. The predicted molar refractivity (Wildman–Crippen MR) is 79.6 cm³/mol. The first kappa shape index (κ1) is 13.8. The Kier molecular flexibility index (Phi) is 5.63. The molecule has 1 N–H and O–H groups in total. The third-order valence-electron chi connectivity index (χ3n) is 3.10. The molecule has 0 amide bonds. The molecule has 19 heavy (non-hydrogen) atoms. The number of pyridine rings is 1. The summed E-state index contributed by atoms with van der Waals surface area (Å²) in [6, 6.07) is 10.1. The monoisotopic (exact) mass is 258 g/mol. The van der Waals surface area contributed by atoms with Gasteiger partial charge in [-0.2, -0.15) is 0 Å². The van der Waals surface area contributed by atoms with Crippen LogP contribution >= 0.6 is 0 Å². The number of hydrogen-bond donors (Lipinski definition) is 1. The molecule has 2 aromatic rings. The lowest BCUT2D eigenvalue weighted by Crippen LogP contribution is -2.14. The summed E-state index contributed by atoms with van der Waals surface area (Å²) in [6.07, 6.45) is 5.32. The van der Waals surface area contributed by atoms with Crippen LogP contribution in [0.3, 0.4) is 0 Å². The standard InChI is InChI=1S/C16H22N2O/c1-2-17-11-4-3-5-13-19-15-10-6-8-14-9-7-12-18-16(14)15/h6-10,12,17H,2-5,11,13H2,1H3. The minimum absolute atomic E-state index is 0.766. The molecule has 0 saturated heterocycles. The van der Waals surface area contributed by atoms with Gasteiger partial charge in [-0.3, -0.25) is 4.98 Å². The number of fused-ring (bicyclic) bond motifs is 1. The molecule has 1 aromatic carbocycles. The second kappa shape index (κ2) is 7.74. The first-order chi connectivity index (χ1) is 9.42. The third-order valence-corrected chi connectivity index (χ3v) is 3.10. The highest BCUT2D eigenvalue weighted by Crippen LogP contribution is 2.23. The van der Waals surface area contributed by atoms with Gasteiger partial charge in [-0.05, 0) is 44.5 Å². The Hall–Kier alpha value is -1.61. The zero-order valence-electron chi connectivity index (χ0n) is 11.6. The van der Waals surface area contributed by atoms with Gasteiger partial charge < -0.3 is 10.1 Å². The Morgan fingerprint density at radius 2 is 2.00 bits per heavy atom. The number of nitrogens with zero attached hydrogens (tertiary/aromatic N) is 1. The summed E-state index contributed by atoms with van der Waals surface area (Å²) < 4.78 is 5.84. The summed E-state index contributed by atoms with van der Waals surface area (Å²) in [5.74, 6) is 0.893. The van der Waals surface area contributed by atoms with Gasteiger partial charge in [0.25, 0.3) is 0 Å². The lowest BCUT2D eigenvalue weighted by molar-refractivity contribution is 0.308. The third kappa shape index (κ3) is 4.21. The number of nitrogens with one attached hydrogen (secondary N) is 1. The maximum absolute atomic E-state index is 5.84. The fourth-order valence-corrected chi connectivity index (χ4v) is 2.08. The first-order valence-electron chi connectivity index (χ1n) is 7.09. The van der Waals surface area contributed by atoms with E-state index in [4.69, 9.17) is 4.74 Å². The molecule has 0 aliphatic rings. The molecule has 0 unspecified atom stereocenters. The van der Waals surface area contributed by atoms with E-state index >= 15 is 0 Å². The number of hydrogen-bond acceptors (Lipinski definition) is 3. The number of ether oxygens (including phenoxy) is 1. The average Bonchev–Trinajstić information content (AvgIpc) is 2.46. The Morgan fingerprint density at radius 3 is 2.89 bits per heavy atom. The van der Waals surface area contributed by atoms with Crippen LogP contribution in [-0.2, 0) is 0 Å². The van der Waals surface area contributed by atoms with Crippen LogP contribution in [0, 0.1) is 0 Å². The van der Waals surface area contributed by atoms with E-state index in [-0.39, 0.29) is 0 Å². The molecule has 3 nitrogen and oxygen atoms in total. The molecule has 0 aliphatic carbocycles. The molecule has 102 valence electrons. The lowest BCUT2D eigenvalue weighted by Gasteiger charge is -2.08. The Bertz CT molecular complexity index is 494. The van der Waals surface area contributed by atoms with Crippen LogP contribution in [-0.4, -0.2) is 24.7 Å². The minimum Gasteiger partial charge on any atom is -0.491 e. The Balaban J connectivity index is 1.78. The van der Waals surface area contributed by atoms with Gasteiger partial charge in [0.1, 0.15) is 11.3 Å². The van der Waals surface area contributed by atoms with Crippen molar-refractivity contribution in [2.24, 2.45) is 0 Å². The molecule has 0 atom stereocenters. The highest BCUT2D eigenvalue weighted by molar-refractivity contribution is 5.84. The van der Waals surface area contributed by atoms with Crippen molar-refractivity contribution in [1.29, 1.82) is 0 Å². The SMILES string of the molecule is CCNCCCCCOc1cccc2cccnc12. The quantitative estimate of drug-likeness (QED) is 0.737. The molecule has 1 heterocycles. The molecule has 0 radical (unpaired) electrons. The van der Waals surface area contributed by atoms with Gasteiger partial charge >= 0.3 is 0 Å². The maximum Gasteiger partial charge on any atom is 0.145 e. The van der Waals surface area contributed by atoms with Crippen LogP contribution in [0.1, 0.15) is 26.2 Å². The molecule has 1 aromatic heterocycles. The van der Waals surface area contributed by atoms with Crippen molar-refractivity contribution in [3.63, 3.8) is 0 Å². The van der Waals surface area contributed by atoms with Crippen LogP contribution in [0.2, 0.25) is 0 Å². The summed E-state index contributed by atoms with van der Waals surface area (Å²) >= 11 is 0. The highest BCUT2D eigenvalue weighted by Gasteiger charge is 2.01. The first-order valence-corrected chi connectivity index (χ1v) is 7.09. The average molecular weight is 258 g/mol. The van der Waals surface area contributed by atoms with Gasteiger partial charge in [0, 0.05) is 11.6 Å². The van der Waals surface area contributed by atoms with Crippen molar-refractivity contribution in [2.75, 3.05) is 19.7 Å². The fraction of sp³-hybridized carbons (Fsp3) is 0.438. The van der Waals surface area contributed by atoms with Crippen molar-refractivity contribution in [3.8, 4) is 5.75 Å². The van der Waals surface area contributed by atoms with E-state index in [1.165, 1.54) is 12.8 Å². The van der Waals surface area contributed by atoms with E-state index in [0.29, 0.717) is 0 Å².